The molecule has 0 spiro atoms. The Morgan fingerprint density at radius 1 is 1.30 bits per heavy atom. The Morgan fingerprint density at radius 2 is 2.03 bits per heavy atom. The van der Waals surface area contributed by atoms with Gasteiger partial charge in [0.05, 0.1) is 27.7 Å². The number of halogens is 2. The van der Waals surface area contributed by atoms with Gasteiger partial charge in [0.2, 0.25) is 0 Å². The lowest BCUT2D eigenvalue weighted by Crippen LogP contribution is -2.23. The third-order valence-electron chi connectivity index (χ3n) is 4.61. The molecule has 0 unspecified atom stereocenters. The van der Waals surface area contributed by atoms with Crippen LogP contribution in [0.2, 0.25) is 5.02 Å². The van der Waals surface area contributed by atoms with Crippen LogP contribution in [0.1, 0.15) is 20.9 Å². The van der Waals surface area contributed by atoms with E-state index in [1.807, 2.05) is 17.5 Å². The van der Waals surface area contributed by atoms with Gasteiger partial charge >= 0.3 is 0 Å². The first-order valence-corrected chi connectivity index (χ1v) is 9.98. The van der Waals surface area contributed by atoms with Gasteiger partial charge in [-0.15, -0.1) is 0 Å². The number of aromatic nitrogens is 2. The number of nitro benzene ring substituents is 1. The molecule has 1 N–H and O–H groups in total. The van der Waals surface area contributed by atoms with Crippen molar-refractivity contribution in [1.29, 1.82) is 0 Å². The normalized spacial score (nSPS) is 11.0. The second kappa shape index (κ2) is 7.85. The van der Waals surface area contributed by atoms with Crippen LogP contribution in [0.5, 0.6) is 0 Å². The Bertz CT molecular complexity index is 1280. The minimum atomic E-state index is -0.579. The van der Waals surface area contributed by atoms with E-state index in [-0.39, 0.29) is 28.6 Å². The second-order valence-corrected chi connectivity index (χ2v) is 7.97. The molecule has 2 aromatic carbocycles. The molecule has 0 bridgehead atoms. The summed E-state index contributed by atoms with van der Waals surface area (Å²) in [7, 11) is 0. The summed E-state index contributed by atoms with van der Waals surface area (Å²) in [6.07, 6.45) is 1.86. The van der Waals surface area contributed by atoms with Gasteiger partial charge in [0.1, 0.15) is 5.82 Å². The van der Waals surface area contributed by atoms with Crippen molar-refractivity contribution in [1.82, 2.24) is 14.7 Å². The van der Waals surface area contributed by atoms with Gasteiger partial charge in [0.15, 0.2) is 4.96 Å². The van der Waals surface area contributed by atoms with Crippen LogP contribution in [-0.2, 0) is 6.54 Å². The first-order valence-electron chi connectivity index (χ1n) is 8.79. The number of hydrogen-bond acceptors (Lipinski definition) is 5. The predicted molar refractivity (Wildman–Crippen MR) is 112 cm³/mol. The lowest BCUT2D eigenvalue weighted by atomic mass is 10.2. The third kappa shape index (κ3) is 3.77. The molecule has 7 nitrogen and oxygen atoms in total. The van der Waals surface area contributed by atoms with Gasteiger partial charge in [-0.25, -0.2) is 9.37 Å². The van der Waals surface area contributed by atoms with Crippen molar-refractivity contribution in [2.45, 2.75) is 13.5 Å². The number of amides is 1. The van der Waals surface area contributed by atoms with Gasteiger partial charge in [0.25, 0.3) is 11.6 Å². The summed E-state index contributed by atoms with van der Waals surface area (Å²) in [6, 6.07) is 9.83. The summed E-state index contributed by atoms with van der Waals surface area (Å²) in [5.41, 5.74) is 2.28. The first-order chi connectivity index (χ1) is 14.3. The zero-order valence-electron chi connectivity index (χ0n) is 15.6. The number of carbonyl (C=O) groups is 1. The van der Waals surface area contributed by atoms with Gasteiger partial charge in [-0.1, -0.05) is 22.9 Å². The summed E-state index contributed by atoms with van der Waals surface area (Å²) in [4.78, 5) is 29.0. The highest BCUT2D eigenvalue weighted by molar-refractivity contribution is 7.17. The molecule has 0 aliphatic heterocycles. The van der Waals surface area contributed by atoms with Crippen LogP contribution in [0, 0.1) is 22.9 Å². The van der Waals surface area contributed by atoms with Crippen LogP contribution >= 0.6 is 22.9 Å². The van der Waals surface area contributed by atoms with Gasteiger partial charge in [-0.3, -0.25) is 19.3 Å². The van der Waals surface area contributed by atoms with E-state index in [2.05, 4.69) is 10.3 Å². The molecular formula is C20H14ClFN4O3S. The number of nitrogens with one attached hydrogen (secondary N) is 1. The summed E-state index contributed by atoms with van der Waals surface area (Å²) < 4.78 is 15.0. The van der Waals surface area contributed by atoms with Crippen molar-refractivity contribution in [3.63, 3.8) is 0 Å². The Kier molecular flexibility index (Phi) is 5.23. The molecule has 0 aliphatic carbocycles. The standard InChI is InChI=1S/C20H14ClFN4O3S/c1-11-18(9-23-19(27)15-8-14(26(28)29)6-7-16(15)21)30-20-24-17(10-25(11)20)12-2-4-13(22)5-3-12/h2-8,10H,9H2,1H3,(H,23,27). The van der Waals surface area contributed by atoms with Gasteiger partial charge < -0.3 is 5.32 Å². The molecule has 0 saturated carbocycles. The quantitative estimate of drug-likeness (QED) is 0.346. The van der Waals surface area contributed by atoms with Crippen molar-refractivity contribution in [2.24, 2.45) is 0 Å². The van der Waals surface area contributed by atoms with Crippen LogP contribution in [-0.4, -0.2) is 20.2 Å². The number of non-ortho nitro benzene ring substituents is 1. The van der Waals surface area contributed by atoms with Crippen LogP contribution in [0.3, 0.4) is 0 Å². The van der Waals surface area contributed by atoms with E-state index in [9.17, 15) is 19.3 Å². The summed E-state index contributed by atoms with van der Waals surface area (Å²) in [5, 5.41) is 13.8. The largest absolute Gasteiger partial charge is 0.347 e. The number of benzene rings is 2. The molecule has 10 heteroatoms. The molecule has 30 heavy (non-hydrogen) atoms. The number of nitro groups is 1. The van der Waals surface area contributed by atoms with Crippen LogP contribution in [0.4, 0.5) is 10.1 Å². The molecule has 2 aromatic heterocycles. The highest BCUT2D eigenvalue weighted by Gasteiger charge is 2.18. The van der Waals surface area contributed by atoms with Gasteiger partial charge in [-0.05, 0) is 37.3 Å². The number of imidazole rings is 1. The van der Waals surface area contributed by atoms with Crippen molar-refractivity contribution in [2.75, 3.05) is 0 Å². The molecule has 0 fully saturated rings. The van der Waals surface area contributed by atoms with Gasteiger partial charge in [-0.2, -0.15) is 0 Å². The van der Waals surface area contributed by atoms with Crippen molar-refractivity contribution < 1.29 is 14.1 Å². The smallest absolute Gasteiger partial charge is 0.270 e. The van der Waals surface area contributed by atoms with Crippen molar-refractivity contribution in [3.8, 4) is 11.3 Å². The monoisotopic (exact) mass is 444 g/mol. The fraction of sp³-hybridized carbons (Fsp3) is 0.100. The molecular weight excluding hydrogens is 431 g/mol. The Labute approximate surface area is 178 Å². The molecule has 4 aromatic rings. The minimum absolute atomic E-state index is 0.0449. The van der Waals surface area contributed by atoms with E-state index in [1.54, 1.807) is 12.1 Å². The maximum Gasteiger partial charge on any atom is 0.270 e. The highest BCUT2D eigenvalue weighted by atomic mass is 35.5. The topological polar surface area (TPSA) is 89.5 Å². The van der Waals surface area contributed by atoms with Crippen molar-refractivity contribution in [3.05, 3.63) is 85.8 Å². The number of nitrogens with zero attached hydrogens (tertiary/aromatic N) is 3. The fourth-order valence-electron chi connectivity index (χ4n) is 2.97. The third-order valence-corrected chi connectivity index (χ3v) is 6.09. The van der Waals surface area contributed by atoms with E-state index in [0.717, 1.165) is 32.9 Å². The van der Waals surface area contributed by atoms with Crippen molar-refractivity contribution >= 4 is 39.5 Å². The zero-order valence-corrected chi connectivity index (χ0v) is 17.1. The minimum Gasteiger partial charge on any atom is -0.347 e. The molecule has 0 radical (unpaired) electrons. The number of aryl methyl sites for hydroxylation is 1. The zero-order chi connectivity index (χ0) is 21.4. The first kappa shape index (κ1) is 20.0. The summed E-state index contributed by atoms with van der Waals surface area (Å²) in [5.74, 6) is -0.807. The maximum atomic E-state index is 13.1. The maximum absolute atomic E-state index is 13.1. The molecule has 4 rings (SSSR count). The predicted octanol–water partition coefficient (Wildman–Crippen LogP) is 5.00. The summed E-state index contributed by atoms with van der Waals surface area (Å²) >= 11 is 7.44. The number of hydrogen-bond donors (Lipinski definition) is 1. The number of rotatable bonds is 5. The number of carbonyl (C=O) groups excluding carboxylic acids is 1. The molecule has 2 heterocycles. The average Bonchev–Trinajstić information content (AvgIpc) is 3.26. The van der Waals surface area contributed by atoms with Crippen LogP contribution < -0.4 is 5.32 Å². The van der Waals surface area contributed by atoms with E-state index in [4.69, 9.17) is 11.6 Å². The fourth-order valence-corrected chi connectivity index (χ4v) is 4.22. The molecule has 152 valence electrons. The highest BCUT2D eigenvalue weighted by Crippen LogP contribution is 2.28. The lowest BCUT2D eigenvalue weighted by molar-refractivity contribution is -0.384. The second-order valence-electron chi connectivity index (χ2n) is 6.50. The number of thiazole rings is 1. The van der Waals surface area contributed by atoms with Crippen LogP contribution in [0.25, 0.3) is 16.2 Å². The average molecular weight is 445 g/mol. The van der Waals surface area contributed by atoms with Crippen LogP contribution in [0.15, 0.2) is 48.7 Å². The van der Waals surface area contributed by atoms with E-state index >= 15 is 0 Å². The molecule has 0 aliphatic rings. The van der Waals surface area contributed by atoms with E-state index < -0.39 is 10.8 Å². The molecule has 1 amide bonds. The van der Waals surface area contributed by atoms with Gasteiger partial charge in [0, 0.05) is 34.5 Å². The SMILES string of the molecule is Cc1c(CNC(=O)c2cc([N+](=O)[O-])ccc2Cl)sc2nc(-c3ccc(F)cc3)cn12. The Morgan fingerprint density at radius 3 is 2.70 bits per heavy atom. The van der Waals surface area contributed by atoms with E-state index in [1.165, 1.54) is 35.6 Å². The Balaban J connectivity index is 1.53. The Hall–Kier alpha value is -3.30. The lowest BCUT2D eigenvalue weighted by Gasteiger charge is -2.06. The summed E-state index contributed by atoms with van der Waals surface area (Å²) in [6.45, 7) is 2.13. The van der Waals surface area contributed by atoms with E-state index in [0.29, 0.717) is 0 Å². The molecule has 0 saturated heterocycles. The number of fused-ring (bicyclic) bond motifs is 1. The molecule has 0 atom stereocenters.